The van der Waals surface area contributed by atoms with Gasteiger partial charge in [-0.2, -0.15) is 0 Å². The zero-order valence-corrected chi connectivity index (χ0v) is 14.5. The van der Waals surface area contributed by atoms with Crippen molar-refractivity contribution in [1.29, 1.82) is 0 Å². The molecule has 0 saturated carbocycles. The van der Waals surface area contributed by atoms with Gasteiger partial charge in [0.2, 0.25) is 5.78 Å². The fourth-order valence-electron chi connectivity index (χ4n) is 3.79. The van der Waals surface area contributed by atoms with Crippen molar-refractivity contribution < 1.29 is 4.79 Å². The van der Waals surface area contributed by atoms with Gasteiger partial charge in [-0.25, -0.2) is 4.98 Å². The topological polar surface area (TPSA) is 58.4 Å². The number of hydrogen-bond acceptors (Lipinski definition) is 5. The fraction of sp³-hybridized carbons (Fsp3) is 0.250. The highest BCUT2D eigenvalue weighted by molar-refractivity contribution is 6.13. The average Bonchev–Trinajstić information content (AvgIpc) is 2.95. The van der Waals surface area contributed by atoms with Gasteiger partial charge < -0.3 is 9.80 Å². The Morgan fingerprint density at radius 1 is 0.962 bits per heavy atom. The minimum absolute atomic E-state index is 0.187. The Bertz CT molecular complexity index is 1110. The predicted octanol–water partition coefficient (Wildman–Crippen LogP) is 1.68. The second kappa shape index (κ2) is 5.51. The zero-order chi connectivity index (χ0) is 17.8. The van der Waals surface area contributed by atoms with Crippen LogP contribution in [0.3, 0.4) is 0 Å². The number of piperazine rings is 1. The van der Waals surface area contributed by atoms with Gasteiger partial charge in [0.05, 0.1) is 22.2 Å². The van der Waals surface area contributed by atoms with Crippen molar-refractivity contribution in [2.75, 3.05) is 38.1 Å². The number of carbonyl (C=O) groups is 1. The number of para-hydroxylation sites is 1. The quantitative estimate of drug-likeness (QED) is 0.525. The van der Waals surface area contributed by atoms with Crippen LogP contribution in [0.15, 0.2) is 47.3 Å². The first kappa shape index (κ1) is 15.3. The smallest absolute Gasteiger partial charge is 0.266 e. The minimum atomic E-state index is -0.187. The molecule has 0 radical (unpaired) electrons. The number of likely N-dealkylation sites (N-methyl/N-ethyl adjacent to an activating group) is 1. The van der Waals surface area contributed by atoms with Crippen LogP contribution in [0.5, 0.6) is 0 Å². The molecule has 0 bridgehead atoms. The summed E-state index contributed by atoms with van der Waals surface area (Å²) in [7, 11) is 2.12. The third-order valence-electron chi connectivity index (χ3n) is 5.31. The number of fused-ring (bicyclic) bond motifs is 4. The Morgan fingerprint density at radius 2 is 1.73 bits per heavy atom. The molecule has 2 aromatic carbocycles. The highest BCUT2D eigenvalue weighted by atomic mass is 16.1. The van der Waals surface area contributed by atoms with Crippen molar-refractivity contribution in [2.24, 2.45) is 0 Å². The molecular formula is C20H18N4O2. The van der Waals surface area contributed by atoms with Crippen molar-refractivity contribution in [3.8, 4) is 5.69 Å². The number of ketones is 1. The van der Waals surface area contributed by atoms with E-state index in [-0.39, 0.29) is 17.2 Å². The number of benzene rings is 2. The maximum atomic E-state index is 13.0. The summed E-state index contributed by atoms with van der Waals surface area (Å²) >= 11 is 0. The molecule has 0 amide bonds. The molecule has 2 aliphatic heterocycles. The van der Waals surface area contributed by atoms with E-state index in [9.17, 15) is 9.59 Å². The highest BCUT2D eigenvalue weighted by Gasteiger charge is 2.31. The molecule has 0 atom stereocenters. The Morgan fingerprint density at radius 3 is 2.54 bits per heavy atom. The van der Waals surface area contributed by atoms with Gasteiger partial charge in [0.15, 0.2) is 5.82 Å². The number of nitrogens with zero attached hydrogens (tertiary/aromatic N) is 4. The van der Waals surface area contributed by atoms with E-state index in [1.54, 1.807) is 12.1 Å². The number of aromatic nitrogens is 2. The van der Waals surface area contributed by atoms with Crippen LogP contribution < -0.4 is 10.5 Å². The number of anilines is 1. The molecule has 1 fully saturated rings. The van der Waals surface area contributed by atoms with Gasteiger partial charge in [-0.15, -0.1) is 0 Å². The summed E-state index contributed by atoms with van der Waals surface area (Å²) in [6.07, 6.45) is 0. The van der Waals surface area contributed by atoms with Crippen LogP contribution in [-0.4, -0.2) is 53.5 Å². The van der Waals surface area contributed by atoms with Crippen molar-refractivity contribution in [2.45, 2.75) is 0 Å². The van der Waals surface area contributed by atoms with Gasteiger partial charge in [-0.05, 0) is 37.4 Å². The second-order valence-electron chi connectivity index (χ2n) is 6.91. The third kappa shape index (κ3) is 2.12. The van der Waals surface area contributed by atoms with Crippen LogP contribution in [0.1, 0.15) is 16.2 Å². The largest absolute Gasteiger partial charge is 0.369 e. The minimum Gasteiger partial charge on any atom is -0.369 e. The summed E-state index contributed by atoms with van der Waals surface area (Å²) in [4.78, 5) is 34.8. The van der Waals surface area contributed by atoms with Crippen molar-refractivity contribution in [3.05, 3.63) is 64.2 Å². The molecule has 0 aliphatic carbocycles. The van der Waals surface area contributed by atoms with E-state index in [2.05, 4.69) is 21.8 Å². The van der Waals surface area contributed by atoms with E-state index in [1.807, 2.05) is 30.3 Å². The van der Waals surface area contributed by atoms with Gasteiger partial charge in [0, 0.05) is 31.9 Å². The summed E-state index contributed by atoms with van der Waals surface area (Å²) in [6, 6.07) is 12.9. The Hall–Kier alpha value is -2.99. The first-order valence-corrected chi connectivity index (χ1v) is 8.78. The molecule has 5 rings (SSSR count). The van der Waals surface area contributed by atoms with Crippen LogP contribution in [0, 0.1) is 0 Å². The number of rotatable bonds is 1. The zero-order valence-electron chi connectivity index (χ0n) is 14.5. The summed E-state index contributed by atoms with van der Waals surface area (Å²) in [6.45, 7) is 3.86. The first-order valence-electron chi connectivity index (χ1n) is 8.78. The molecule has 1 aromatic heterocycles. The molecule has 2 aliphatic rings. The third-order valence-corrected chi connectivity index (χ3v) is 5.31. The lowest BCUT2D eigenvalue weighted by atomic mass is 10.1. The highest BCUT2D eigenvalue weighted by Crippen LogP contribution is 2.30. The molecule has 6 heteroatoms. The van der Waals surface area contributed by atoms with Crippen molar-refractivity contribution in [3.63, 3.8) is 0 Å². The fourth-order valence-corrected chi connectivity index (χ4v) is 3.79. The Kier molecular flexibility index (Phi) is 3.24. The van der Waals surface area contributed by atoms with Crippen molar-refractivity contribution in [1.82, 2.24) is 14.5 Å². The Labute approximate surface area is 150 Å². The maximum absolute atomic E-state index is 13.0. The van der Waals surface area contributed by atoms with Gasteiger partial charge in [0.1, 0.15) is 0 Å². The lowest BCUT2D eigenvalue weighted by Crippen LogP contribution is -2.44. The molecule has 0 N–H and O–H groups in total. The van der Waals surface area contributed by atoms with Crippen LogP contribution in [0.2, 0.25) is 0 Å². The normalized spacial score (nSPS) is 16.8. The molecular weight excluding hydrogens is 328 g/mol. The van der Waals surface area contributed by atoms with Gasteiger partial charge in [-0.3, -0.25) is 14.2 Å². The Balaban J connectivity index is 1.68. The van der Waals surface area contributed by atoms with Crippen molar-refractivity contribution >= 4 is 22.4 Å². The summed E-state index contributed by atoms with van der Waals surface area (Å²) in [5.41, 5.74) is 2.60. The summed E-state index contributed by atoms with van der Waals surface area (Å²) < 4.78 is 1.47. The molecule has 1 saturated heterocycles. The molecule has 26 heavy (non-hydrogen) atoms. The van der Waals surface area contributed by atoms with E-state index in [0.717, 1.165) is 31.9 Å². The molecule has 3 aromatic rings. The molecule has 6 nitrogen and oxygen atoms in total. The molecule has 3 heterocycles. The van der Waals surface area contributed by atoms with Crippen LogP contribution >= 0.6 is 0 Å². The molecule has 0 unspecified atom stereocenters. The summed E-state index contributed by atoms with van der Waals surface area (Å²) in [5.74, 6) is 0.0204. The van der Waals surface area contributed by atoms with Crippen LogP contribution in [0.4, 0.5) is 5.69 Å². The first-order chi connectivity index (χ1) is 12.6. The van der Waals surface area contributed by atoms with E-state index >= 15 is 0 Å². The van der Waals surface area contributed by atoms with Crippen LogP contribution in [-0.2, 0) is 0 Å². The number of hydrogen-bond donors (Lipinski definition) is 0. The van der Waals surface area contributed by atoms with E-state index in [0.29, 0.717) is 22.2 Å². The average molecular weight is 346 g/mol. The molecule has 0 spiro atoms. The van der Waals surface area contributed by atoms with Gasteiger partial charge >= 0.3 is 0 Å². The lowest BCUT2D eigenvalue weighted by molar-refractivity contribution is 0.103. The summed E-state index contributed by atoms with van der Waals surface area (Å²) in [5, 5.41) is 0.530. The lowest BCUT2D eigenvalue weighted by Gasteiger charge is -2.34. The predicted molar refractivity (Wildman–Crippen MR) is 100 cm³/mol. The monoisotopic (exact) mass is 346 g/mol. The van der Waals surface area contributed by atoms with Gasteiger partial charge in [0.25, 0.3) is 5.56 Å². The second-order valence-corrected chi connectivity index (χ2v) is 6.91. The van der Waals surface area contributed by atoms with Gasteiger partial charge in [-0.1, -0.05) is 12.1 Å². The van der Waals surface area contributed by atoms with E-state index in [4.69, 9.17) is 0 Å². The number of carbonyl (C=O) groups excluding carboxylic acids is 1. The molecule has 130 valence electrons. The van der Waals surface area contributed by atoms with Crippen LogP contribution in [0.25, 0.3) is 16.6 Å². The standard InChI is InChI=1S/C20H18N4O2/c1-22-8-10-23(11-9-22)13-6-7-15-17(12-13)24-19(18(15)25)21-16-5-3-2-4-14(16)20(24)26/h2-7,12H,8-11H2,1H3. The SMILES string of the molecule is CN1CCN(c2ccc3c(c2)-n2c(nc4ccccc4c2=O)C3=O)CC1. The van der Waals surface area contributed by atoms with E-state index in [1.165, 1.54) is 4.57 Å². The maximum Gasteiger partial charge on any atom is 0.266 e. The van der Waals surface area contributed by atoms with E-state index < -0.39 is 0 Å².